The van der Waals surface area contributed by atoms with E-state index in [0.29, 0.717) is 31.6 Å². The minimum absolute atomic E-state index is 0.000341. The minimum Gasteiger partial charge on any atom is -0.480 e. The molecule has 0 bridgehead atoms. The lowest BCUT2D eigenvalue weighted by atomic mass is 10.1. The number of carbonyl (C=O) groups is 4. The van der Waals surface area contributed by atoms with Gasteiger partial charge in [0.1, 0.15) is 18.1 Å². The Bertz CT molecular complexity index is 610. The van der Waals surface area contributed by atoms with E-state index in [0.717, 1.165) is 5.75 Å². The van der Waals surface area contributed by atoms with Crippen molar-refractivity contribution >= 4 is 59.8 Å². The molecule has 5 N–H and O–H groups in total. The molecule has 1 heterocycles. The number of hydrogen-bond donors (Lipinski definition) is 5. The summed E-state index contributed by atoms with van der Waals surface area (Å²) in [6.07, 6.45) is 5.74. The summed E-state index contributed by atoms with van der Waals surface area (Å²) in [5.74, 6) is -1.14. The van der Waals surface area contributed by atoms with Crippen LogP contribution in [-0.2, 0) is 19.2 Å². The summed E-state index contributed by atoms with van der Waals surface area (Å²) in [6.45, 7) is 0.442. The number of carboxylic acid groups (broad SMARTS) is 1. The van der Waals surface area contributed by atoms with E-state index in [1.807, 2.05) is 12.5 Å². The number of aliphatic carboxylic acids is 1. The van der Waals surface area contributed by atoms with Gasteiger partial charge in [-0.05, 0) is 49.7 Å². The van der Waals surface area contributed by atoms with E-state index in [9.17, 15) is 24.3 Å². The average Bonchev–Trinajstić information content (AvgIpc) is 3.21. The quantitative estimate of drug-likeness (QED) is 0.228. The van der Waals surface area contributed by atoms with Gasteiger partial charge in [0.15, 0.2) is 0 Å². The third-order valence-electron chi connectivity index (χ3n) is 4.83. The fourth-order valence-corrected chi connectivity index (χ4v) is 4.33. The van der Waals surface area contributed by atoms with Crippen LogP contribution < -0.4 is 16.4 Å². The van der Waals surface area contributed by atoms with Crippen molar-refractivity contribution in [2.45, 2.75) is 49.9 Å². The molecule has 30 heavy (non-hydrogen) atoms. The van der Waals surface area contributed by atoms with Crippen LogP contribution in [0.2, 0.25) is 0 Å². The molecule has 9 nitrogen and oxygen atoms in total. The SMILES string of the molecule is CSCCC(N)C(=O)N1CCCC1C(=O)NC(CS)C(=O)NC(CCSC)C(=O)O. The summed E-state index contributed by atoms with van der Waals surface area (Å²) in [6, 6.07) is -3.40. The van der Waals surface area contributed by atoms with Crippen LogP contribution >= 0.6 is 36.2 Å². The van der Waals surface area contributed by atoms with Crippen molar-refractivity contribution in [2.24, 2.45) is 5.73 Å². The Morgan fingerprint density at radius 1 is 1.13 bits per heavy atom. The molecule has 1 aliphatic rings. The first kappa shape index (κ1) is 26.9. The first-order chi connectivity index (χ1) is 14.3. The van der Waals surface area contributed by atoms with Gasteiger partial charge in [-0.25, -0.2) is 4.79 Å². The van der Waals surface area contributed by atoms with Crippen LogP contribution in [0.5, 0.6) is 0 Å². The van der Waals surface area contributed by atoms with Crippen molar-refractivity contribution in [3.63, 3.8) is 0 Å². The Morgan fingerprint density at radius 2 is 1.77 bits per heavy atom. The maximum absolute atomic E-state index is 12.8. The van der Waals surface area contributed by atoms with Crippen LogP contribution in [0.4, 0.5) is 0 Å². The van der Waals surface area contributed by atoms with Gasteiger partial charge in [-0.2, -0.15) is 36.2 Å². The molecule has 4 unspecified atom stereocenters. The second-order valence-corrected chi connectivity index (χ2v) is 9.34. The van der Waals surface area contributed by atoms with Crippen LogP contribution in [0, 0.1) is 0 Å². The number of amides is 3. The Hall–Kier alpha value is -1.11. The molecule has 1 rings (SSSR count). The van der Waals surface area contributed by atoms with Gasteiger partial charge in [0.25, 0.3) is 0 Å². The summed E-state index contributed by atoms with van der Waals surface area (Å²) in [4.78, 5) is 50.7. The lowest BCUT2D eigenvalue weighted by Gasteiger charge is -2.28. The summed E-state index contributed by atoms with van der Waals surface area (Å²) < 4.78 is 0. The molecule has 0 aromatic heterocycles. The van der Waals surface area contributed by atoms with E-state index >= 15 is 0 Å². The first-order valence-corrected chi connectivity index (χ1v) is 13.2. The molecule has 1 saturated heterocycles. The Kier molecular flexibility index (Phi) is 12.6. The highest BCUT2D eigenvalue weighted by Crippen LogP contribution is 2.19. The predicted molar refractivity (Wildman–Crippen MR) is 124 cm³/mol. The molecule has 1 fully saturated rings. The van der Waals surface area contributed by atoms with Crippen molar-refractivity contribution in [1.82, 2.24) is 15.5 Å². The molecule has 12 heteroatoms. The molecule has 0 saturated carbocycles. The van der Waals surface area contributed by atoms with E-state index in [4.69, 9.17) is 5.73 Å². The molecular formula is C18H32N4O5S3. The molecule has 172 valence electrons. The number of nitrogens with zero attached hydrogens (tertiary/aromatic N) is 1. The van der Waals surface area contributed by atoms with Crippen LogP contribution in [-0.4, -0.2) is 94.2 Å². The molecule has 0 spiro atoms. The van der Waals surface area contributed by atoms with Crippen LogP contribution in [0.15, 0.2) is 0 Å². The number of thioether (sulfide) groups is 2. The summed E-state index contributed by atoms with van der Waals surface area (Å²) in [5, 5.41) is 14.3. The summed E-state index contributed by atoms with van der Waals surface area (Å²) >= 11 is 7.20. The fraction of sp³-hybridized carbons (Fsp3) is 0.778. The van der Waals surface area contributed by atoms with Crippen molar-refractivity contribution in [3.8, 4) is 0 Å². The minimum atomic E-state index is -1.13. The Labute approximate surface area is 191 Å². The van der Waals surface area contributed by atoms with Crippen molar-refractivity contribution in [2.75, 3.05) is 36.3 Å². The third kappa shape index (κ3) is 8.20. The topological polar surface area (TPSA) is 142 Å². The van der Waals surface area contributed by atoms with Crippen LogP contribution in [0.25, 0.3) is 0 Å². The summed E-state index contributed by atoms with van der Waals surface area (Å²) in [7, 11) is 0. The molecule has 3 amide bonds. The second kappa shape index (κ2) is 14.0. The number of carboxylic acids is 1. The maximum atomic E-state index is 12.8. The largest absolute Gasteiger partial charge is 0.480 e. The Morgan fingerprint density at radius 3 is 2.33 bits per heavy atom. The number of rotatable bonds is 13. The number of thiol groups is 1. The summed E-state index contributed by atoms with van der Waals surface area (Å²) in [5.41, 5.74) is 5.97. The molecule has 1 aliphatic heterocycles. The zero-order valence-electron chi connectivity index (χ0n) is 17.3. The van der Waals surface area contributed by atoms with E-state index in [1.54, 1.807) is 11.8 Å². The van der Waals surface area contributed by atoms with Crippen molar-refractivity contribution in [1.29, 1.82) is 0 Å². The van der Waals surface area contributed by atoms with Gasteiger partial charge in [-0.15, -0.1) is 0 Å². The highest BCUT2D eigenvalue weighted by molar-refractivity contribution is 7.98. The standard InChI is InChI=1S/C18H32N4O5S3/c1-29-8-5-11(19)17(25)22-7-3-4-14(22)16(24)21-13(10-28)15(23)20-12(18(26)27)6-9-30-2/h11-14,28H,3-10,19H2,1-2H3,(H,20,23)(H,21,24)(H,26,27). The number of nitrogens with one attached hydrogen (secondary N) is 2. The third-order valence-corrected chi connectivity index (χ3v) is 6.48. The highest BCUT2D eigenvalue weighted by Gasteiger charge is 2.37. The zero-order valence-corrected chi connectivity index (χ0v) is 19.9. The van der Waals surface area contributed by atoms with Gasteiger partial charge in [-0.3, -0.25) is 14.4 Å². The zero-order chi connectivity index (χ0) is 22.7. The molecule has 0 aromatic carbocycles. The van der Waals surface area contributed by atoms with E-state index < -0.39 is 42.0 Å². The van der Waals surface area contributed by atoms with Gasteiger partial charge >= 0.3 is 5.97 Å². The number of nitrogens with two attached hydrogens (primary N) is 1. The smallest absolute Gasteiger partial charge is 0.326 e. The average molecular weight is 481 g/mol. The lowest BCUT2D eigenvalue weighted by Crippen LogP contribution is -2.57. The maximum Gasteiger partial charge on any atom is 0.326 e. The number of carbonyl (C=O) groups excluding carboxylic acids is 3. The van der Waals surface area contributed by atoms with Gasteiger partial charge < -0.3 is 26.4 Å². The van der Waals surface area contributed by atoms with E-state index in [-0.39, 0.29) is 18.1 Å². The van der Waals surface area contributed by atoms with Gasteiger partial charge in [0.05, 0.1) is 6.04 Å². The van der Waals surface area contributed by atoms with Gasteiger partial charge in [0, 0.05) is 12.3 Å². The lowest BCUT2D eigenvalue weighted by molar-refractivity contribution is -0.143. The molecule has 0 aliphatic carbocycles. The van der Waals surface area contributed by atoms with Gasteiger partial charge in [0.2, 0.25) is 17.7 Å². The van der Waals surface area contributed by atoms with Crippen molar-refractivity contribution in [3.05, 3.63) is 0 Å². The van der Waals surface area contributed by atoms with E-state index in [1.165, 1.54) is 16.7 Å². The highest BCUT2D eigenvalue weighted by atomic mass is 32.2. The molecular weight excluding hydrogens is 448 g/mol. The predicted octanol–water partition coefficient (Wildman–Crippen LogP) is -0.205. The molecule has 0 aromatic rings. The first-order valence-electron chi connectivity index (χ1n) is 9.75. The Balaban J connectivity index is 2.73. The fourth-order valence-electron chi connectivity index (χ4n) is 3.11. The molecule has 4 atom stereocenters. The molecule has 0 radical (unpaired) electrons. The second-order valence-electron chi connectivity index (χ2n) is 7.00. The van der Waals surface area contributed by atoms with E-state index in [2.05, 4.69) is 23.3 Å². The number of hydrogen-bond acceptors (Lipinski definition) is 8. The van der Waals surface area contributed by atoms with Gasteiger partial charge in [-0.1, -0.05) is 0 Å². The normalized spacial score (nSPS) is 19.1. The number of likely N-dealkylation sites (tertiary alicyclic amines) is 1. The van der Waals surface area contributed by atoms with Crippen LogP contribution in [0.1, 0.15) is 25.7 Å². The van der Waals surface area contributed by atoms with Crippen molar-refractivity contribution < 1.29 is 24.3 Å². The van der Waals surface area contributed by atoms with Crippen LogP contribution in [0.3, 0.4) is 0 Å². The monoisotopic (exact) mass is 480 g/mol.